The molecule has 2 fully saturated rings. The summed E-state index contributed by atoms with van der Waals surface area (Å²) >= 11 is 0. The second-order valence-electron chi connectivity index (χ2n) is 10.1. The second-order valence-corrected chi connectivity index (χ2v) is 10.1. The molecule has 3 aromatic rings. The van der Waals surface area contributed by atoms with Gasteiger partial charge in [0, 0.05) is 29.8 Å². The van der Waals surface area contributed by atoms with Crippen molar-refractivity contribution in [3.05, 3.63) is 95.1 Å². The average molecular weight is 426 g/mol. The highest BCUT2D eigenvalue weighted by Gasteiger charge is 2.60. The summed E-state index contributed by atoms with van der Waals surface area (Å²) in [5.74, 6) is 2.20. The van der Waals surface area contributed by atoms with E-state index >= 15 is 0 Å². The first-order valence-electron chi connectivity index (χ1n) is 12.1. The first-order valence-corrected chi connectivity index (χ1v) is 12.1. The van der Waals surface area contributed by atoms with E-state index in [1.807, 2.05) is 6.07 Å². The Morgan fingerprint density at radius 1 is 1.03 bits per heavy atom. The van der Waals surface area contributed by atoms with E-state index in [2.05, 4.69) is 99.3 Å². The Hall–Kier alpha value is -2.74. The van der Waals surface area contributed by atoms with E-state index in [-0.39, 0.29) is 0 Å². The predicted molar refractivity (Wildman–Crippen MR) is 134 cm³/mol. The van der Waals surface area contributed by atoms with Crippen molar-refractivity contribution in [2.24, 2.45) is 11.3 Å². The highest BCUT2D eigenvalue weighted by atomic mass is 16.5. The van der Waals surface area contributed by atoms with Gasteiger partial charge in [0.05, 0.1) is 0 Å². The zero-order valence-electron chi connectivity index (χ0n) is 19.8. The molecule has 1 saturated heterocycles. The molecule has 1 aliphatic carbocycles. The van der Waals surface area contributed by atoms with Crippen LogP contribution in [0, 0.1) is 18.3 Å². The highest BCUT2D eigenvalue weighted by molar-refractivity contribution is 5.55. The zero-order chi connectivity index (χ0) is 22.3. The first kappa shape index (κ1) is 21.1. The number of ether oxygens (including phenoxy) is 1. The molecule has 0 amide bonds. The third-order valence-electron chi connectivity index (χ3n) is 8.09. The van der Waals surface area contributed by atoms with Crippen LogP contribution in [-0.4, -0.2) is 12.6 Å². The van der Waals surface area contributed by atoms with Gasteiger partial charge < -0.3 is 9.64 Å². The van der Waals surface area contributed by atoms with Gasteiger partial charge in [-0.25, -0.2) is 0 Å². The highest BCUT2D eigenvalue weighted by Crippen LogP contribution is 2.61. The van der Waals surface area contributed by atoms with E-state index in [1.165, 1.54) is 40.9 Å². The predicted octanol–water partition coefficient (Wildman–Crippen LogP) is 7.35. The molecule has 4 unspecified atom stereocenters. The van der Waals surface area contributed by atoms with Crippen LogP contribution in [0.15, 0.2) is 72.8 Å². The minimum Gasteiger partial charge on any atom is -0.489 e. The molecule has 2 nitrogen and oxygen atoms in total. The minimum atomic E-state index is 0.323. The maximum atomic E-state index is 6.35. The van der Waals surface area contributed by atoms with Crippen molar-refractivity contribution in [1.29, 1.82) is 0 Å². The van der Waals surface area contributed by atoms with E-state index in [9.17, 15) is 0 Å². The van der Waals surface area contributed by atoms with Crippen molar-refractivity contribution in [2.45, 2.75) is 59.1 Å². The summed E-state index contributed by atoms with van der Waals surface area (Å²) in [6.07, 6.45) is 2.44. The van der Waals surface area contributed by atoms with Crippen molar-refractivity contribution in [2.75, 3.05) is 11.4 Å². The lowest BCUT2D eigenvalue weighted by molar-refractivity contribution is 0.301. The van der Waals surface area contributed by atoms with Crippen LogP contribution in [0.5, 0.6) is 5.75 Å². The number of piperidine rings is 1. The lowest BCUT2D eigenvalue weighted by Crippen LogP contribution is -2.33. The van der Waals surface area contributed by atoms with Crippen molar-refractivity contribution in [3.63, 3.8) is 0 Å². The van der Waals surface area contributed by atoms with Crippen LogP contribution in [0.3, 0.4) is 0 Å². The Morgan fingerprint density at radius 3 is 2.56 bits per heavy atom. The molecule has 166 valence electrons. The SMILES string of the molecule is CCC(c1cccc(N2CC3CC3(C)C2C)c1)c1cc(C)ccc1OCc1ccccc1. The van der Waals surface area contributed by atoms with Crippen molar-refractivity contribution in [3.8, 4) is 5.75 Å². The monoisotopic (exact) mass is 425 g/mol. The molecule has 32 heavy (non-hydrogen) atoms. The van der Waals surface area contributed by atoms with Crippen LogP contribution in [0.4, 0.5) is 5.69 Å². The Balaban J connectivity index is 1.43. The number of nitrogens with zero attached hydrogens (tertiary/aromatic N) is 1. The van der Waals surface area contributed by atoms with Gasteiger partial charge in [0.25, 0.3) is 0 Å². The van der Waals surface area contributed by atoms with Gasteiger partial charge in [-0.1, -0.05) is 74.0 Å². The second kappa shape index (κ2) is 8.31. The summed E-state index contributed by atoms with van der Waals surface area (Å²) in [7, 11) is 0. The number of hydrogen-bond acceptors (Lipinski definition) is 2. The largest absolute Gasteiger partial charge is 0.489 e. The Labute approximate surface area is 193 Å². The van der Waals surface area contributed by atoms with E-state index < -0.39 is 0 Å². The molecule has 0 radical (unpaired) electrons. The summed E-state index contributed by atoms with van der Waals surface area (Å²) in [6, 6.07) is 26.9. The van der Waals surface area contributed by atoms with E-state index in [0.717, 1.165) is 18.1 Å². The topological polar surface area (TPSA) is 12.5 Å². The van der Waals surface area contributed by atoms with Crippen LogP contribution < -0.4 is 9.64 Å². The fourth-order valence-corrected chi connectivity index (χ4v) is 5.70. The maximum absolute atomic E-state index is 6.35. The average Bonchev–Trinajstić information content (AvgIpc) is 3.41. The van der Waals surface area contributed by atoms with Gasteiger partial charge in [0.15, 0.2) is 0 Å². The van der Waals surface area contributed by atoms with Gasteiger partial charge >= 0.3 is 0 Å². The lowest BCUT2D eigenvalue weighted by Gasteiger charge is -2.30. The van der Waals surface area contributed by atoms with Gasteiger partial charge in [-0.3, -0.25) is 0 Å². The molecule has 2 heteroatoms. The van der Waals surface area contributed by atoms with Crippen LogP contribution in [0.1, 0.15) is 61.8 Å². The zero-order valence-corrected chi connectivity index (χ0v) is 19.8. The van der Waals surface area contributed by atoms with Crippen molar-refractivity contribution in [1.82, 2.24) is 0 Å². The molecular weight excluding hydrogens is 390 g/mol. The Kier molecular flexibility index (Phi) is 5.49. The number of benzene rings is 3. The van der Waals surface area contributed by atoms with Gasteiger partial charge in [0.2, 0.25) is 0 Å². The minimum absolute atomic E-state index is 0.323. The van der Waals surface area contributed by atoms with E-state index in [4.69, 9.17) is 4.74 Å². The molecule has 0 bridgehead atoms. The summed E-state index contributed by atoms with van der Waals surface area (Å²) in [5.41, 5.74) is 7.06. The van der Waals surface area contributed by atoms with Crippen molar-refractivity contribution < 1.29 is 4.74 Å². The fraction of sp³-hybridized carbons (Fsp3) is 0.400. The third-order valence-corrected chi connectivity index (χ3v) is 8.09. The molecule has 1 aliphatic heterocycles. The number of hydrogen-bond donors (Lipinski definition) is 0. The molecule has 3 aromatic carbocycles. The number of rotatable bonds is 7. The molecule has 0 aromatic heterocycles. The Morgan fingerprint density at radius 2 is 1.84 bits per heavy atom. The summed E-state index contributed by atoms with van der Waals surface area (Å²) in [5, 5.41) is 0. The molecule has 1 saturated carbocycles. The molecule has 2 aliphatic rings. The smallest absolute Gasteiger partial charge is 0.123 e. The van der Waals surface area contributed by atoms with Gasteiger partial charge in [-0.2, -0.15) is 0 Å². The maximum Gasteiger partial charge on any atom is 0.123 e. The van der Waals surface area contributed by atoms with Crippen LogP contribution >= 0.6 is 0 Å². The summed E-state index contributed by atoms with van der Waals surface area (Å²) < 4.78 is 6.35. The summed E-state index contributed by atoms with van der Waals surface area (Å²) in [4.78, 5) is 2.63. The molecule has 1 heterocycles. The van der Waals surface area contributed by atoms with Crippen LogP contribution in [0.2, 0.25) is 0 Å². The fourth-order valence-electron chi connectivity index (χ4n) is 5.70. The number of anilines is 1. The van der Waals surface area contributed by atoms with Gasteiger partial charge in [0.1, 0.15) is 12.4 Å². The van der Waals surface area contributed by atoms with E-state index in [1.54, 1.807) is 0 Å². The molecule has 0 N–H and O–H groups in total. The molecular formula is C30H35NO. The number of fused-ring (bicyclic) bond motifs is 1. The van der Waals surface area contributed by atoms with Crippen molar-refractivity contribution >= 4 is 5.69 Å². The molecule has 5 rings (SSSR count). The quantitative estimate of drug-likeness (QED) is 0.392. The van der Waals surface area contributed by atoms with Gasteiger partial charge in [-0.15, -0.1) is 0 Å². The van der Waals surface area contributed by atoms with E-state index in [0.29, 0.717) is 24.0 Å². The number of aryl methyl sites for hydroxylation is 1. The summed E-state index contributed by atoms with van der Waals surface area (Å²) in [6.45, 7) is 11.1. The van der Waals surface area contributed by atoms with Crippen LogP contribution in [0.25, 0.3) is 0 Å². The Bertz CT molecular complexity index is 1090. The van der Waals surface area contributed by atoms with Crippen LogP contribution in [-0.2, 0) is 6.61 Å². The molecule has 0 spiro atoms. The third kappa shape index (κ3) is 3.81. The normalized spacial score (nSPS) is 24.8. The lowest BCUT2D eigenvalue weighted by atomic mass is 9.87. The standard InChI is InChI=1S/C30H35NO/c1-5-27(24-12-9-13-26(17-24)31-19-25-18-30(25,4)22(31)3)28-16-21(2)14-15-29(28)32-20-23-10-7-6-8-11-23/h6-17,22,25,27H,5,18-20H2,1-4H3. The first-order chi connectivity index (χ1) is 15.5. The molecule has 4 atom stereocenters. The van der Waals surface area contributed by atoms with Gasteiger partial charge in [-0.05, 0) is 67.3 Å².